The molecule has 0 bridgehead atoms. The summed E-state index contributed by atoms with van der Waals surface area (Å²) in [4.78, 5) is -0.546. The Morgan fingerprint density at radius 1 is 1.29 bits per heavy atom. The quantitative estimate of drug-likeness (QED) is 0.856. The third-order valence-corrected chi connectivity index (χ3v) is 5.33. The lowest BCUT2D eigenvalue weighted by Gasteiger charge is -2.21. The van der Waals surface area contributed by atoms with Gasteiger partial charge in [0.1, 0.15) is 16.5 Å². The van der Waals surface area contributed by atoms with E-state index in [1.165, 1.54) is 7.05 Å². The van der Waals surface area contributed by atoms with Crippen molar-refractivity contribution in [2.45, 2.75) is 24.8 Å². The number of hydrogen-bond acceptors (Lipinski definition) is 2. The number of benzene rings is 1. The SMILES string of the molecule is CC(C)N(C)S(=O)(=O)c1c(F)cc(F)cc1Br. The van der Waals surface area contributed by atoms with Gasteiger partial charge >= 0.3 is 0 Å². The maximum atomic E-state index is 13.6. The molecule has 1 rings (SSSR count). The van der Waals surface area contributed by atoms with Crippen molar-refractivity contribution in [2.75, 3.05) is 7.05 Å². The molecule has 0 heterocycles. The van der Waals surface area contributed by atoms with Gasteiger partial charge in [-0.25, -0.2) is 17.2 Å². The summed E-state index contributed by atoms with van der Waals surface area (Å²) < 4.78 is 51.5. The zero-order chi connectivity index (χ0) is 13.4. The molecule has 0 aliphatic rings. The van der Waals surface area contributed by atoms with Crippen LogP contribution in [0.2, 0.25) is 0 Å². The largest absolute Gasteiger partial charge is 0.247 e. The number of hydrogen-bond donors (Lipinski definition) is 0. The minimum atomic E-state index is -3.97. The molecule has 0 radical (unpaired) electrons. The van der Waals surface area contributed by atoms with E-state index in [0.29, 0.717) is 6.07 Å². The standard InChI is InChI=1S/C10H12BrF2NO2S/c1-6(2)14(3)17(15,16)10-8(11)4-7(12)5-9(10)13/h4-6H,1-3H3. The normalized spacial score (nSPS) is 12.5. The van der Waals surface area contributed by atoms with Crippen LogP contribution in [-0.2, 0) is 10.0 Å². The van der Waals surface area contributed by atoms with Crippen molar-refractivity contribution in [3.05, 3.63) is 28.2 Å². The molecule has 0 fully saturated rings. The van der Waals surface area contributed by atoms with Crippen LogP contribution in [0.1, 0.15) is 13.8 Å². The van der Waals surface area contributed by atoms with Gasteiger partial charge in [0.2, 0.25) is 10.0 Å². The van der Waals surface area contributed by atoms with Crippen LogP contribution in [0.5, 0.6) is 0 Å². The molecule has 0 aliphatic carbocycles. The molecule has 1 aromatic rings. The van der Waals surface area contributed by atoms with Crippen molar-refractivity contribution in [3.8, 4) is 0 Å². The van der Waals surface area contributed by atoms with Gasteiger partial charge in [0.05, 0.1) is 0 Å². The highest BCUT2D eigenvalue weighted by Gasteiger charge is 2.29. The fraction of sp³-hybridized carbons (Fsp3) is 0.400. The Hall–Kier alpha value is -0.530. The van der Waals surface area contributed by atoms with Crippen LogP contribution in [0.25, 0.3) is 0 Å². The minimum Gasteiger partial charge on any atom is -0.207 e. The van der Waals surface area contributed by atoms with Crippen LogP contribution in [0, 0.1) is 11.6 Å². The summed E-state index contributed by atoms with van der Waals surface area (Å²) in [5, 5.41) is 0. The highest BCUT2D eigenvalue weighted by Crippen LogP contribution is 2.29. The first-order valence-corrected chi connectivity index (χ1v) is 7.03. The Morgan fingerprint density at radius 2 is 1.82 bits per heavy atom. The number of nitrogens with zero attached hydrogens (tertiary/aromatic N) is 1. The van der Waals surface area contributed by atoms with E-state index in [9.17, 15) is 17.2 Å². The van der Waals surface area contributed by atoms with Gasteiger partial charge in [-0.3, -0.25) is 0 Å². The summed E-state index contributed by atoms with van der Waals surface area (Å²) >= 11 is 2.87. The zero-order valence-corrected chi connectivity index (χ0v) is 11.9. The number of rotatable bonds is 3. The van der Waals surface area contributed by atoms with Crippen molar-refractivity contribution >= 4 is 26.0 Å². The van der Waals surface area contributed by atoms with Gasteiger partial charge < -0.3 is 0 Å². The minimum absolute atomic E-state index is 0.123. The lowest BCUT2D eigenvalue weighted by molar-refractivity contribution is 0.406. The first-order valence-electron chi connectivity index (χ1n) is 4.80. The van der Waals surface area contributed by atoms with Crippen LogP contribution in [0.15, 0.2) is 21.5 Å². The average Bonchev–Trinajstić information content (AvgIpc) is 2.13. The molecule has 0 atom stereocenters. The fourth-order valence-corrected chi connectivity index (χ4v) is 3.67. The maximum absolute atomic E-state index is 13.6. The molecule has 7 heteroatoms. The van der Waals surface area contributed by atoms with Gasteiger partial charge in [0.15, 0.2) is 0 Å². The van der Waals surface area contributed by atoms with Gasteiger partial charge in [-0.1, -0.05) is 0 Å². The summed E-state index contributed by atoms with van der Waals surface area (Å²) in [6.07, 6.45) is 0. The van der Waals surface area contributed by atoms with E-state index in [4.69, 9.17) is 0 Å². The predicted octanol–water partition coefficient (Wildman–Crippen LogP) is 2.76. The van der Waals surface area contributed by atoms with E-state index in [-0.39, 0.29) is 10.5 Å². The highest BCUT2D eigenvalue weighted by atomic mass is 79.9. The third kappa shape index (κ3) is 2.83. The smallest absolute Gasteiger partial charge is 0.207 e. The Labute approximate surface area is 108 Å². The van der Waals surface area contributed by atoms with Gasteiger partial charge in [0, 0.05) is 23.6 Å². The van der Waals surface area contributed by atoms with E-state index in [1.807, 2.05) is 0 Å². The van der Waals surface area contributed by atoms with Crippen molar-refractivity contribution < 1.29 is 17.2 Å². The Balaban J connectivity index is 3.45. The lowest BCUT2D eigenvalue weighted by atomic mass is 10.3. The molecule has 3 nitrogen and oxygen atoms in total. The van der Waals surface area contributed by atoms with E-state index >= 15 is 0 Å². The summed E-state index contributed by atoms with van der Waals surface area (Å²) in [5.41, 5.74) is 0. The zero-order valence-electron chi connectivity index (χ0n) is 9.54. The highest BCUT2D eigenvalue weighted by molar-refractivity contribution is 9.10. The topological polar surface area (TPSA) is 37.4 Å². The first kappa shape index (κ1) is 14.5. The summed E-state index contributed by atoms with van der Waals surface area (Å²) in [7, 11) is -2.63. The monoisotopic (exact) mass is 327 g/mol. The Morgan fingerprint density at radius 3 is 2.24 bits per heavy atom. The average molecular weight is 328 g/mol. The van der Waals surface area contributed by atoms with Crippen LogP contribution in [0.3, 0.4) is 0 Å². The van der Waals surface area contributed by atoms with Crippen molar-refractivity contribution in [3.63, 3.8) is 0 Å². The van der Waals surface area contributed by atoms with Crippen LogP contribution in [0.4, 0.5) is 8.78 Å². The second kappa shape index (κ2) is 4.99. The molecule has 0 spiro atoms. The van der Waals surface area contributed by atoms with Crippen molar-refractivity contribution in [1.29, 1.82) is 0 Å². The van der Waals surface area contributed by atoms with Crippen LogP contribution < -0.4 is 0 Å². The molecule has 0 aromatic heterocycles. The molecule has 0 saturated carbocycles. The molecule has 0 unspecified atom stereocenters. The van der Waals surface area contributed by atoms with Gasteiger partial charge in [-0.05, 0) is 35.8 Å². The molecule has 96 valence electrons. The Bertz CT molecular complexity index is 508. The Kier molecular flexibility index (Phi) is 4.27. The van der Waals surface area contributed by atoms with E-state index in [1.54, 1.807) is 13.8 Å². The van der Waals surface area contributed by atoms with Crippen molar-refractivity contribution in [2.24, 2.45) is 0 Å². The third-order valence-electron chi connectivity index (χ3n) is 2.33. The molecule has 0 aliphatic heterocycles. The van der Waals surface area contributed by atoms with Crippen molar-refractivity contribution in [1.82, 2.24) is 4.31 Å². The maximum Gasteiger partial charge on any atom is 0.247 e. The van der Waals surface area contributed by atoms with E-state index in [0.717, 1.165) is 10.4 Å². The second-order valence-corrected chi connectivity index (χ2v) is 6.60. The summed E-state index contributed by atoms with van der Waals surface area (Å²) in [6.45, 7) is 3.32. The molecule has 17 heavy (non-hydrogen) atoms. The molecule has 0 N–H and O–H groups in total. The summed E-state index contributed by atoms with van der Waals surface area (Å²) in [5.74, 6) is -1.94. The summed E-state index contributed by atoms with van der Waals surface area (Å²) in [6, 6.07) is 1.15. The molecular weight excluding hydrogens is 316 g/mol. The van der Waals surface area contributed by atoms with Gasteiger partial charge in [-0.15, -0.1) is 0 Å². The predicted molar refractivity (Wildman–Crippen MR) is 64.1 cm³/mol. The lowest BCUT2D eigenvalue weighted by Crippen LogP contribution is -2.33. The number of halogens is 3. The van der Waals surface area contributed by atoms with Crippen LogP contribution in [-0.4, -0.2) is 25.8 Å². The van der Waals surface area contributed by atoms with Gasteiger partial charge in [-0.2, -0.15) is 4.31 Å². The first-order chi connectivity index (χ1) is 7.67. The number of sulfonamides is 1. The molecule has 0 saturated heterocycles. The van der Waals surface area contributed by atoms with E-state index < -0.39 is 26.6 Å². The van der Waals surface area contributed by atoms with Crippen LogP contribution >= 0.6 is 15.9 Å². The molecule has 0 amide bonds. The molecule has 1 aromatic carbocycles. The second-order valence-electron chi connectivity index (χ2n) is 3.81. The fourth-order valence-electron chi connectivity index (χ4n) is 1.20. The molecular formula is C10H12BrF2NO2S. The van der Waals surface area contributed by atoms with E-state index in [2.05, 4.69) is 15.9 Å². The van der Waals surface area contributed by atoms with Gasteiger partial charge in [0.25, 0.3) is 0 Å².